The molecule has 1 heterocycles. The third-order valence-electron chi connectivity index (χ3n) is 5.26. The number of carbonyl (C=O) groups is 3. The van der Waals surface area contributed by atoms with Gasteiger partial charge in [-0.1, -0.05) is 60.7 Å². The second-order valence-electron chi connectivity index (χ2n) is 7.65. The van der Waals surface area contributed by atoms with Crippen molar-refractivity contribution in [2.75, 3.05) is 13.2 Å². The first-order valence-electron chi connectivity index (χ1n) is 10.7. The lowest BCUT2D eigenvalue weighted by Crippen LogP contribution is -2.56. The minimum Gasteiger partial charge on any atom is -0.464 e. The lowest BCUT2D eigenvalue weighted by Gasteiger charge is -2.28. The van der Waals surface area contributed by atoms with E-state index in [-0.39, 0.29) is 26.2 Å². The van der Waals surface area contributed by atoms with Crippen LogP contribution < -0.4 is 5.32 Å². The van der Waals surface area contributed by atoms with Crippen molar-refractivity contribution in [3.05, 3.63) is 71.8 Å². The number of hydrogen-bond acceptors (Lipinski definition) is 5. The van der Waals surface area contributed by atoms with Crippen LogP contribution in [0.25, 0.3) is 0 Å². The second kappa shape index (κ2) is 10.9. The number of nitrogens with one attached hydrogen (secondary N) is 1. The molecule has 2 aromatic rings. The van der Waals surface area contributed by atoms with Gasteiger partial charge in [0.15, 0.2) is 6.04 Å². The van der Waals surface area contributed by atoms with E-state index in [1.165, 1.54) is 0 Å². The molecule has 2 atom stereocenters. The van der Waals surface area contributed by atoms with E-state index in [0.717, 1.165) is 0 Å². The Labute approximate surface area is 190 Å². The number of ether oxygens (including phenoxy) is 2. The average Bonchev–Trinajstić information content (AvgIpc) is 3.13. The number of nitrogens with zero attached hydrogens (tertiary/aromatic N) is 1. The molecule has 0 bridgehead atoms. The molecule has 0 radical (unpaired) electrons. The predicted molar refractivity (Wildman–Crippen MR) is 115 cm³/mol. The van der Waals surface area contributed by atoms with Crippen LogP contribution in [0.3, 0.4) is 0 Å². The van der Waals surface area contributed by atoms with E-state index in [0.29, 0.717) is 16.0 Å². The molecule has 0 unspecified atom stereocenters. The fourth-order valence-corrected chi connectivity index (χ4v) is 3.63. The van der Waals surface area contributed by atoms with Gasteiger partial charge in [-0.2, -0.15) is 0 Å². The summed E-state index contributed by atoms with van der Waals surface area (Å²) >= 11 is 0. The maximum atomic E-state index is 14.6. The SMILES string of the molecule is CCOC(=O)[C@H](Cc1ccccc1)NC(=O)[C@H]1N(C(=O)OCc2ccccc2)CCC1(F)F. The molecule has 1 N–H and O–H groups in total. The molecular formula is C24H26F2N2O5. The van der Waals surface area contributed by atoms with Crippen LogP contribution in [0.2, 0.25) is 0 Å². The molecule has 7 nitrogen and oxygen atoms in total. The van der Waals surface area contributed by atoms with Crippen LogP contribution in [0.1, 0.15) is 24.5 Å². The van der Waals surface area contributed by atoms with Crippen LogP contribution in [0.4, 0.5) is 13.6 Å². The fraction of sp³-hybridized carbons (Fsp3) is 0.375. The number of rotatable bonds is 8. The first-order chi connectivity index (χ1) is 15.8. The molecule has 2 amide bonds. The number of amides is 2. The summed E-state index contributed by atoms with van der Waals surface area (Å²) < 4.78 is 39.4. The van der Waals surface area contributed by atoms with Gasteiger partial charge in [0.05, 0.1) is 6.61 Å². The zero-order valence-electron chi connectivity index (χ0n) is 18.2. The fourth-order valence-electron chi connectivity index (χ4n) is 3.63. The molecule has 0 aromatic heterocycles. The highest BCUT2D eigenvalue weighted by Gasteiger charge is 2.55. The molecule has 176 valence electrons. The molecule has 1 saturated heterocycles. The lowest BCUT2D eigenvalue weighted by atomic mass is 10.0. The molecule has 1 aliphatic rings. The summed E-state index contributed by atoms with van der Waals surface area (Å²) in [6.07, 6.45) is -1.65. The van der Waals surface area contributed by atoms with E-state index < -0.39 is 42.4 Å². The van der Waals surface area contributed by atoms with Gasteiger partial charge in [0, 0.05) is 19.4 Å². The molecule has 9 heteroatoms. The van der Waals surface area contributed by atoms with E-state index in [1.54, 1.807) is 67.6 Å². The van der Waals surface area contributed by atoms with Crippen LogP contribution in [0.5, 0.6) is 0 Å². The van der Waals surface area contributed by atoms with E-state index in [9.17, 15) is 23.2 Å². The van der Waals surface area contributed by atoms with Gasteiger partial charge in [-0.3, -0.25) is 9.69 Å². The summed E-state index contributed by atoms with van der Waals surface area (Å²) in [4.78, 5) is 38.6. The van der Waals surface area contributed by atoms with Crippen LogP contribution in [0.15, 0.2) is 60.7 Å². The third-order valence-corrected chi connectivity index (χ3v) is 5.26. The zero-order valence-corrected chi connectivity index (χ0v) is 18.2. The van der Waals surface area contributed by atoms with Crippen LogP contribution in [-0.2, 0) is 32.1 Å². The zero-order chi connectivity index (χ0) is 23.8. The van der Waals surface area contributed by atoms with Gasteiger partial charge in [0.25, 0.3) is 5.92 Å². The normalized spacial score (nSPS) is 17.8. The van der Waals surface area contributed by atoms with Crippen molar-refractivity contribution in [1.82, 2.24) is 10.2 Å². The summed E-state index contributed by atoms with van der Waals surface area (Å²) in [5.41, 5.74) is 1.40. The molecule has 1 aliphatic heterocycles. The Hall–Kier alpha value is -3.49. The van der Waals surface area contributed by atoms with Crippen LogP contribution in [0, 0.1) is 0 Å². The molecule has 1 fully saturated rings. The van der Waals surface area contributed by atoms with Crippen molar-refractivity contribution >= 4 is 18.0 Å². The minimum atomic E-state index is -3.47. The quantitative estimate of drug-likeness (QED) is 0.611. The Morgan fingerprint density at radius 2 is 1.64 bits per heavy atom. The largest absolute Gasteiger partial charge is 0.464 e. The highest BCUT2D eigenvalue weighted by Crippen LogP contribution is 2.34. The Morgan fingerprint density at radius 3 is 2.24 bits per heavy atom. The number of alkyl halides is 2. The molecule has 33 heavy (non-hydrogen) atoms. The number of hydrogen-bond donors (Lipinski definition) is 1. The second-order valence-corrected chi connectivity index (χ2v) is 7.65. The predicted octanol–water partition coefficient (Wildman–Crippen LogP) is 3.32. The summed E-state index contributed by atoms with van der Waals surface area (Å²) in [5.74, 6) is -5.35. The van der Waals surface area contributed by atoms with E-state index in [4.69, 9.17) is 9.47 Å². The van der Waals surface area contributed by atoms with Crippen molar-refractivity contribution in [3.8, 4) is 0 Å². The van der Waals surface area contributed by atoms with Crippen molar-refractivity contribution in [3.63, 3.8) is 0 Å². The van der Waals surface area contributed by atoms with Crippen molar-refractivity contribution in [1.29, 1.82) is 0 Å². The summed E-state index contributed by atoms with van der Waals surface area (Å²) in [5, 5.41) is 2.36. The van der Waals surface area contributed by atoms with Gasteiger partial charge < -0.3 is 14.8 Å². The maximum Gasteiger partial charge on any atom is 0.410 e. The van der Waals surface area contributed by atoms with Gasteiger partial charge in [-0.05, 0) is 18.1 Å². The van der Waals surface area contributed by atoms with Crippen LogP contribution in [-0.4, -0.2) is 54.0 Å². The maximum absolute atomic E-state index is 14.6. The summed E-state index contributed by atoms with van der Waals surface area (Å²) in [6, 6.07) is 14.3. The Kier molecular flexibility index (Phi) is 7.97. The summed E-state index contributed by atoms with van der Waals surface area (Å²) in [7, 11) is 0. The standard InChI is InChI=1S/C24H26F2N2O5/c1-2-32-22(30)19(15-17-9-5-3-6-10-17)27-21(29)20-24(25,26)13-14-28(20)23(31)33-16-18-11-7-4-8-12-18/h3-12,19-20H,2,13-16H2,1H3,(H,27,29)/t19-,20+/m0/s1. The third kappa shape index (κ3) is 6.27. The Bertz CT molecular complexity index is 956. The van der Waals surface area contributed by atoms with E-state index >= 15 is 0 Å². The average molecular weight is 460 g/mol. The number of esters is 1. The molecule has 0 spiro atoms. The van der Waals surface area contributed by atoms with Gasteiger partial charge >= 0.3 is 12.1 Å². The lowest BCUT2D eigenvalue weighted by molar-refractivity contribution is -0.149. The molecule has 3 rings (SSSR count). The smallest absolute Gasteiger partial charge is 0.410 e. The van der Waals surface area contributed by atoms with Crippen molar-refractivity contribution < 1.29 is 32.6 Å². The van der Waals surface area contributed by atoms with Gasteiger partial charge in [0.1, 0.15) is 12.6 Å². The van der Waals surface area contributed by atoms with Gasteiger partial charge in [0.2, 0.25) is 5.91 Å². The first kappa shape index (κ1) is 24.2. The number of carbonyl (C=O) groups excluding carboxylic acids is 3. The topological polar surface area (TPSA) is 84.9 Å². The first-order valence-corrected chi connectivity index (χ1v) is 10.7. The molecule has 0 aliphatic carbocycles. The Balaban J connectivity index is 1.72. The van der Waals surface area contributed by atoms with Gasteiger partial charge in [-0.15, -0.1) is 0 Å². The minimum absolute atomic E-state index is 0.0577. The van der Waals surface area contributed by atoms with Crippen molar-refractivity contribution in [2.45, 2.75) is 44.4 Å². The summed E-state index contributed by atoms with van der Waals surface area (Å²) in [6.45, 7) is 1.21. The highest BCUT2D eigenvalue weighted by atomic mass is 19.3. The number of halogens is 2. The van der Waals surface area contributed by atoms with E-state index in [1.807, 2.05) is 0 Å². The highest BCUT2D eigenvalue weighted by molar-refractivity contribution is 5.91. The molecule has 0 saturated carbocycles. The van der Waals surface area contributed by atoms with Gasteiger partial charge in [-0.25, -0.2) is 18.4 Å². The monoisotopic (exact) mass is 460 g/mol. The van der Waals surface area contributed by atoms with Crippen molar-refractivity contribution in [2.24, 2.45) is 0 Å². The van der Waals surface area contributed by atoms with E-state index in [2.05, 4.69) is 5.32 Å². The Morgan fingerprint density at radius 1 is 1.03 bits per heavy atom. The molecule has 2 aromatic carbocycles. The molecular weight excluding hydrogens is 434 g/mol. The number of benzene rings is 2. The number of likely N-dealkylation sites (tertiary alicyclic amines) is 1. The van der Waals surface area contributed by atoms with Crippen LogP contribution >= 0.6 is 0 Å².